The number of Topliss-reactive ketones (excluding diaryl/α,β-unsaturated/α-hetero) is 1. The maximum atomic E-state index is 12.7. The first-order valence-electron chi connectivity index (χ1n) is 10.00. The van der Waals surface area contributed by atoms with Gasteiger partial charge >= 0.3 is 0 Å². The minimum Gasteiger partial charge on any atom is -0.339 e. The number of carbonyl (C=O) groups excluding carboxylic acids is 1. The molecule has 0 atom stereocenters. The van der Waals surface area contributed by atoms with Crippen molar-refractivity contribution < 1.29 is 9.72 Å². The van der Waals surface area contributed by atoms with Crippen LogP contribution >= 0.6 is 11.3 Å². The van der Waals surface area contributed by atoms with Gasteiger partial charge in [0, 0.05) is 37.3 Å². The quantitative estimate of drug-likeness (QED) is 0.439. The van der Waals surface area contributed by atoms with E-state index in [0.717, 1.165) is 5.69 Å². The van der Waals surface area contributed by atoms with Gasteiger partial charge in [0.05, 0.1) is 9.46 Å². The van der Waals surface area contributed by atoms with E-state index in [4.69, 9.17) is 0 Å². The molecule has 0 amide bonds. The molecule has 0 N–H and O–H groups in total. The average molecular weight is 452 g/mol. The molecular weight excluding hydrogens is 426 g/mol. The lowest BCUT2D eigenvalue weighted by Gasteiger charge is -2.19. The zero-order chi connectivity index (χ0) is 23.6. The van der Waals surface area contributed by atoms with Crippen LogP contribution in [-0.4, -0.2) is 22.3 Å². The van der Waals surface area contributed by atoms with E-state index in [-0.39, 0.29) is 17.0 Å². The average Bonchev–Trinajstić information content (AvgIpc) is 3.00. The minimum absolute atomic E-state index is 0.0619. The number of rotatable bonds is 5. The van der Waals surface area contributed by atoms with Crippen LogP contribution in [0.15, 0.2) is 53.3 Å². The van der Waals surface area contributed by atoms with Gasteiger partial charge in [-0.1, -0.05) is 45.0 Å². The van der Waals surface area contributed by atoms with Gasteiger partial charge < -0.3 is 9.47 Å². The third kappa shape index (κ3) is 4.86. The number of hydrogen-bond donors (Lipinski definition) is 0. The number of thiazole rings is 1. The Labute approximate surface area is 189 Å². The summed E-state index contributed by atoms with van der Waals surface area (Å²) in [4.78, 5) is 38.1. The van der Waals surface area contributed by atoms with Gasteiger partial charge in [0.25, 0.3) is 11.2 Å². The van der Waals surface area contributed by atoms with Crippen molar-refractivity contribution in [2.75, 3.05) is 11.9 Å². The van der Waals surface area contributed by atoms with Crippen molar-refractivity contribution in [3.8, 4) is 0 Å². The second-order valence-electron chi connectivity index (χ2n) is 8.47. The fourth-order valence-corrected chi connectivity index (χ4v) is 4.07. The topological polar surface area (TPSA) is 85.5 Å². The van der Waals surface area contributed by atoms with E-state index in [0.29, 0.717) is 20.4 Å². The SMILES string of the molecule is CN(c1ccccc1)c1ccc(/C=c2\s/c(=C\C(=O)C(C)(C)C)n(C)c2=O)cc1[N+](=O)[O-]. The summed E-state index contributed by atoms with van der Waals surface area (Å²) in [5.41, 5.74) is 0.940. The Bertz CT molecular complexity index is 1350. The lowest BCUT2D eigenvalue weighted by Crippen LogP contribution is -2.30. The number of ketones is 1. The first-order chi connectivity index (χ1) is 15.0. The Morgan fingerprint density at radius 1 is 1.16 bits per heavy atom. The lowest BCUT2D eigenvalue weighted by atomic mass is 9.91. The standard InChI is InChI=1S/C24H25N3O4S/c1-24(2,3)21(28)15-22-26(5)23(29)20(32-22)14-16-11-12-18(19(13-16)27(30)31)25(4)17-9-7-6-8-10-17/h6-15H,1-5H3/b20-14-,22-15-. The van der Waals surface area contributed by atoms with Crippen molar-refractivity contribution >= 4 is 46.3 Å². The highest BCUT2D eigenvalue weighted by Crippen LogP contribution is 2.33. The Morgan fingerprint density at radius 2 is 1.81 bits per heavy atom. The van der Waals surface area contributed by atoms with Crippen LogP contribution < -0.4 is 19.7 Å². The fourth-order valence-electron chi connectivity index (χ4n) is 3.04. The summed E-state index contributed by atoms with van der Waals surface area (Å²) in [6.07, 6.45) is 3.09. The van der Waals surface area contributed by atoms with Crippen LogP contribution in [0.5, 0.6) is 0 Å². The molecule has 1 heterocycles. The van der Waals surface area contributed by atoms with E-state index in [1.165, 1.54) is 28.0 Å². The second kappa shape index (κ2) is 8.92. The summed E-state index contributed by atoms with van der Waals surface area (Å²) in [7, 11) is 3.38. The normalized spacial score (nSPS) is 12.8. The van der Waals surface area contributed by atoms with Crippen molar-refractivity contribution in [3.05, 3.63) is 83.8 Å². The Hall–Kier alpha value is -3.52. The number of nitro benzene ring substituents is 1. The van der Waals surface area contributed by atoms with Gasteiger partial charge in [0.1, 0.15) is 10.4 Å². The highest BCUT2D eigenvalue weighted by molar-refractivity contribution is 7.07. The van der Waals surface area contributed by atoms with Crippen LogP contribution in [-0.2, 0) is 11.8 Å². The Morgan fingerprint density at radius 3 is 2.41 bits per heavy atom. The smallest absolute Gasteiger partial charge is 0.293 e. The minimum atomic E-state index is -0.550. The molecule has 1 aromatic heterocycles. The van der Waals surface area contributed by atoms with Crippen molar-refractivity contribution in [3.63, 3.8) is 0 Å². The molecule has 166 valence electrons. The first-order valence-corrected chi connectivity index (χ1v) is 10.8. The molecule has 0 fully saturated rings. The number of nitro groups is 1. The molecule has 7 nitrogen and oxygen atoms in total. The number of anilines is 2. The van der Waals surface area contributed by atoms with Crippen molar-refractivity contribution in [2.45, 2.75) is 20.8 Å². The molecule has 0 bridgehead atoms. The van der Waals surface area contributed by atoms with E-state index < -0.39 is 10.3 Å². The number of para-hydroxylation sites is 1. The van der Waals surface area contributed by atoms with Crippen LogP contribution in [0.3, 0.4) is 0 Å². The summed E-state index contributed by atoms with van der Waals surface area (Å²) >= 11 is 1.19. The van der Waals surface area contributed by atoms with E-state index in [9.17, 15) is 19.7 Å². The van der Waals surface area contributed by atoms with E-state index >= 15 is 0 Å². The number of nitrogens with zero attached hydrogens (tertiary/aromatic N) is 3. The number of hydrogen-bond acceptors (Lipinski definition) is 6. The lowest BCUT2D eigenvalue weighted by molar-refractivity contribution is -0.384. The van der Waals surface area contributed by atoms with E-state index in [2.05, 4.69) is 0 Å². The molecule has 0 unspecified atom stereocenters. The molecule has 0 radical (unpaired) electrons. The third-order valence-corrected chi connectivity index (χ3v) is 6.17. The van der Waals surface area contributed by atoms with E-state index in [1.54, 1.807) is 37.2 Å². The van der Waals surface area contributed by atoms with Crippen LogP contribution in [0, 0.1) is 15.5 Å². The Kier molecular flexibility index (Phi) is 6.45. The maximum Gasteiger partial charge on any atom is 0.293 e. The Balaban J connectivity index is 2.09. The van der Waals surface area contributed by atoms with Gasteiger partial charge in [-0.05, 0) is 29.8 Å². The van der Waals surface area contributed by atoms with Gasteiger partial charge in [-0.2, -0.15) is 0 Å². The molecule has 0 aliphatic carbocycles. The molecule has 0 aliphatic heterocycles. The third-order valence-electron chi connectivity index (χ3n) is 5.05. The molecule has 0 spiro atoms. The zero-order valence-electron chi connectivity index (χ0n) is 18.7. The fraction of sp³-hybridized carbons (Fsp3) is 0.250. The molecule has 0 saturated carbocycles. The van der Waals surface area contributed by atoms with E-state index in [1.807, 2.05) is 51.1 Å². The number of benzene rings is 2. The summed E-state index contributed by atoms with van der Waals surface area (Å²) in [5, 5.41) is 11.8. The molecule has 0 aliphatic rings. The van der Waals surface area contributed by atoms with Gasteiger partial charge in [-0.25, -0.2) is 0 Å². The van der Waals surface area contributed by atoms with Crippen LogP contribution in [0.2, 0.25) is 0 Å². The molecule has 8 heteroatoms. The number of aromatic nitrogens is 1. The largest absolute Gasteiger partial charge is 0.339 e. The molecule has 3 rings (SSSR count). The van der Waals surface area contributed by atoms with Gasteiger partial charge in [-0.3, -0.25) is 19.7 Å². The molecule has 2 aromatic carbocycles. The van der Waals surface area contributed by atoms with Crippen molar-refractivity contribution in [1.29, 1.82) is 0 Å². The van der Waals surface area contributed by atoms with Crippen molar-refractivity contribution in [2.24, 2.45) is 12.5 Å². The highest BCUT2D eigenvalue weighted by Gasteiger charge is 2.20. The van der Waals surface area contributed by atoms with Gasteiger partial charge in [-0.15, -0.1) is 11.3 Å². The van der Waals surface area contributed by atoms with Crippen LogP contribution in [0.4, 0.5) is 17.1 Å². The molecule has 32 heavy (non-hydrogen) atoms. The number of carbonyl (C=O) groups is 1. The summed E-state index contributed by atoms with van der Waals surface area (Å²) < 4.78 is 2.36. The summed E-state index contributed by atoms with van der Waals surface area (Å²) in [6, 6.07) is 14.2. The van der Waals surface area contributed by atoms with Gasteiger partial charge in [0.15, 0.2) is 5.78 Å². The maximum absolute atomic E-state index is 12.7. The zero-order valence-corrected chi connectivity index (χ0v) is 19.5. The molecule has 3 aromatic rings. The predicted octanol–water partition coefficient (Wildman–Crippen LogP) is 3.35. The van der Waals surface area contributed by atoms with Crippen LogP contribution in [0.25, 0.3) is 12.2 Å². The summed E-state index contributed by atoms with van der Waals surface area (Å²) in [5.74, 6) is -0.0789. The first kappa shape index (κ1) is 23.1. The highest BCUT2D eigenvalue weighted by atomic mass is 32.1. The second-order valence-corrected chi connectivity index (χ2v) is 9.53. The molecule has 0 saturated heterocycles. The summed E-state index contributed by atoms with van der Waals surface area (Å²) in [6.45, 7) is 5.45. The van der Waals surface area contributed by atoms with Crippen molar-refractivity contribution in [1.82, 2.24) is 4.57 Å². The van der Waals surface area contributed by atoms with Crippen LogP contribution in [0.1, 0.15) is 26.3 Å². The van der Waals surface area contributed by atoms with Gasteiger partial charge in [0.2, 0.25) is 0 Å². The predicted molar refractivity (Wildman–Crippen MR) is 129 cm³/mol. The molecular formula is C24H25N3O4S. The monoisotopic (exact) mass is 451 g/mol.